The lowest BCUT2D eigenvalue weighted by molar-refractivity contribution is -0.120. The summed E-state index contributed by atoms with van der Waals surface area (Å²) in [5, 5.41) is 0.484. The Bertz CT molecular complexity index is 850. The molecule has 6 nitrogen and oxygen atoms in total. The second-order valence-corrected chi connectivity index (χ2v) is 8.30. The quantitative estimate of drug-likeness (QED) is 0.627. The van der Waals surface area contributed by atoms with Gasteiger partial charge in [-0.15, -0.1) is 0 Å². The molecular formula is C19H23ClN2O4S. The van der Waals surface area contributed by atoms with E-state index in [1.54, 1.807) is 19.1 Å². The first-order valence-corrected chi connectivity index (χ1v) is 10.4. The van der Waals surface area contributed by atoms with Crippen LogP contribution in [0, 0.1) is 0 Å². The summed E-state index contributed by atoms with van der Waals surface area (Å²) in [6.07, 6.45) is 0.808. The Balaban J connectivity index is 1.79. The van der Waals surface area contributed by atoms with Gasteiger partial charge in [0.05, 0.1) is 17.5 Å². The fraction of sp³-hybridized carbons (Fsp3) is 0.316. The summed E-state index contributed by atoms with van der Waals surface area (Å²) in [7, 11) is -3.56. The highest BCUT2D eigenvalue weighted by atomic mass is 35.5. The van der Waals surface area contributed by atoms with Crippen LogP contribution in [0.1, 0.15) is 18.9 Å². The molecule has 0 aliphatic heterocycles. The molecule has 0 aromatic heterocycles. The average molecular weight is 411 g/mol. The van der Waals surface area contributed by atoms with Crippen molar-refractivity contribution in [3.63, 3.8) is 0 Å². The van der Waals surface area contributed by atoms with E-state index in [0.29, 0.717) is 17.2 Å². The minimum absolute atomic E-state index is 0.0420. The zero-order valence-electron chi connectivity index (χ0n) is 15.0. The van der Waals surface area contributed by atoms with Gasteiger partial charge in [-0.2, -0.15) is 0 Å². The van der Waals surface area contributed by atoms with Crippen molar-refractivity contribution >= 4 is 27.4 Å². The van der Waals surface area contributed by atoms with Crippen LogP contribution in [0.5, 0.6) is 5.75 Å². The third-order valence-corrected chi connectivity index (χ3v) is 5.61. The molecule has 0 spiro atoms. The van der Waals surface area contributed by atoms with E-state index >= 15 is 0 Å². The molecule has 0 saturated carbocycles. The molecule has 0 unspecified atom stereocenters. The summed E-state index contributed by atoms with van der Waals surface area (Å²) in [4.78, 5) is 11.6. The van der Waals surface area contributed by atoms with E-state index in [1.165, 1.54) is 24.3 Å². The molecule has 3 N–H and O–H groups in total. The van der Waals surface area contributed by atoms with E-state index in [4.69, 9.17) is 22.1 Å². The molecule has 0 heterocycles. The maximum absolute atomic E-state index is 12.2. The third-order valence-electron chi connectivity index (χ3n) is 3.88. The Morgan fingerprint density at radius 3 is 2.37 bits per heavy atom. The van der Waals surface area contributed by atoms with Crippen LogP contribution in [0.4, 0.5) is 0 Å². The van der Waals surface area contributed by atoms with Crippen molar-refractivity contribution in [2.45, 2.75) is 30.7 Å². The van der Waals surface area contributed by atoms with Crippen LogP contribution in [0.25, 0.3) is 0 Å². The van der Waals surface area contributed by atoms with E-state index in [-0.39, 0.29) is 30.3 Å². The van der Waals surface area contributed by atoms with Gasteiger partial charge in [-0.25, -0.2) is 13.1 Å². The highest BCUT2D eigenvalue weighted by Crippen LogP contribution is 2.15. The Morgan fingerprint density at radius 2 is 1.78 bits per heavy atom. The highest BCUT2D eigenvalue weighted by Gasteiger charge is 2.13. The maximum atomic E-state index is 12.2. The van der Waals surface area contributed by atoms with Crippen LogP contribution in [-0.2, 0) is 21.2 Å². The second kappa shape index (κ2) is 9.85. The number of halogens is 1. The largest absolute Gasteiger partial charge is 0.493 e. The number of nitrogens with one attached hydrogen (secondary N) is 1. The summed E-state index contributed by atoms with van der Waals surface area (Å²) >= 11 is 5.77. The van der Waals surface area contributed by atoms with Crippen molar-refractivity contribution in [2.75, 3.05) is 13.2 Å². The van der Waals surface area contributed by atoms with Gasteiger partial charge >= 0.3 is 0 Å². The summed E-state index contributed by atoms with van der Waals surface area (Å²) in [5.41, 5.74) is 6.46. The number of hydrogen-bond acceptors (Lipinski definition) is 5. The van der Waals surface area contributed by atoms with Crippen molar-refractivity contribution in [1.82, 2.24) is 4.72 Å². The molecule has 1 atom stereocenters. The Kier molecular flexibility index (Phi) is 7.79. The number of rotatable bonds is 10. The number of sulfonamides is 1. The third kappa shape index (κ3) is 6.95. The molecule has 8 heteroatoms. The number of hydrogen-bond donors (Lipinski definition) is 2. The van der Waals surface area contributed by atoms with Crippen LogP contribution in [0.2, 0.25) is 5.02 Å². The molecule has 2 aromatic rings. The van der Waals surface area contributed by atoms with Crippen LogP contribution in [0.15, 0.2) is 53.4 Å². The molecule has 2 rings (SSSR count). The van der Waals surface area contributed by atoms with Crippen molar-refractivity contribution in [1.29, 1.82) is 0 Å². The van der Waals surface area contributed by atoms with E-state index in [9.17, 15) is 13.2 Å². The Labute approximate surface area is 164 Å². The molecule has 0 radical (unpaired) electrons. The zero-order chi connectivity index (χ0) is 19.9. The predicted octanol–water partition coefficient (Wildman–Crippen LogP) is 2.55. The van der Waals surface area contributed by atoms with Crippen molar-refractivity contribution in [3.8, 4) is 5.75 Å². The van der Waals surface area contributed by atoms with Crippen LogP contribution in [-0.4, -0.2) is 33.4 Å². The molecule has 0 bridgehead atoms. The second-order valence-electron chi connectivity index (χ2n) is 6.10. The lowest BCUT2D eigenvalue weighted by Crippen LogP contribution is -2.27. The molecule has 2 aromatic carbocycles. The van der Waals surface area contributed by atoms with Crippen molar-refractivity contribution in [2.24, 2.45) is 5.73 Å². The lowest BCUT2D eigenvalue weighted by Gasteiger charge is -2.09. The fourth-order valence-corrected chi connectivity index (χ4v) is 3.43. The topological polar surface area (TPSA) is 98.5 Å². The smallest absolute Gasteiger partial charge is 0.240 e. The van der Waals surface area contributed by atoms with E-state index < -0.39 is 16.1 Å². The number of ether oxygens (including phenoxy) is 1. The van der Waals surface area contributed by atoms with Gasteiger partial charge in [-0.05, 0) is 55.3 Å². The van der Waals surface area contributed by atoms with Gasteiger partial charge in [0.25, 0.3) is 0 Å². The normalized spacial score (nSPS) is 12.6. The molecule has 0 aliphatic rings. The number of nitrogens with two attached hydrogens (primary N) is 1. The summed E-state index contributed by atoms with van der Waals surface area (Å²) in [6.45, 7) is 2.20. The minimum atomic E-state index is -3.56. The van der Waals surface area contributed by atoms with Gasteiger partial charge in [0.2, 0.25) is 10.0 Å². The predicted molar refractivity (Wildman–Crippen MR) is 106 cm³/mol. The fourth-order valence-electron chi connectivity index (χ4n) is 2.28. The maximum Gasteiger partial charge on any atom is 0.240 e. The summed E-state index contributed by atoms with van der Waals surface area (Å²) in [5.74, 6) is 0.609. The van der Waals surface area contributed by atoms with E-state index in [1.807, 2.05) is 12.1 Å². The number of benzene rings is 2. The highest BCUT2D eigenvalue weighted by molar-refractivity contribution is 7.89. The Hall–Kier alpha value is -1.93. The number of carbonyl (C=O) groups excluding carboxylic acids is 1. The Morgan fingerprint density at radius 1 is 1.15 bits per heavy atom. The average Bonchev–Trinajstić information content (AvgIpc) is 2.63. The van der Waals surface area contributed by atoms with Crippen molar-refractivity contribution in [3.05, 3.63) is 59.1 Å². The van der Waals surface area contributed by atoms with Crippen molar-refractivity contribution < 1.29 is 17.9 Å². The molecule has 0 aliphatic carbocycles. The summed E-state index contributed by atoms with van der Waals surface area (Å²) < 4.78 is 32.5. The first-order valence-electron chi connectivity index (χ1n) is 8.53. The molecule has 146 valence electrons. The van der Waals surface area contributed by atoms with Crippen LogP contribution in [0.3, 0.4) is 0 Å². The number of carbonyl (C=O) groups is 1. The van der Waals surface area contributed by atoms with E-state index in [0.717, 1.165) is 5.56 Å². The van der Waals surface area contributed by atoms with Gasteiger partial charge in [0.1, 0.15) is 5.75 Å². The lowest BCUT2D eigenvalue weighted by atomic mass is 10.1. The molecule has 0 fully saturated rings. The number of Topliss-reactive ketones (excluding diaryl/α,β-unsaturated/α-hetero) is 1. The first-order chi connectivity index (χ1) is 12.8. The van der Waals surface area contributed by atoms with Gasteiger partial charge in [0, 0.05) is 18.0 Å². The van der Waals surface area contributed by atoms with Gasteiger partial charge < -0.3 is 10.5 Å². The monoisotopic (exact) mass is 410 g/mol. The zero-order valence-corrected chi connectivity index (χ0v) is 16.6. The van der Waals surface area contributed by atoms with Gasteiger partial charge in [0.15, 0.2) is 5.78 Å². The number of ketones is 1. The molecule has 27 heavy (non-hydrogen) atoms. The molecular weight excluding hydrogens is 388 g/mol. The SMILES string of the molecule is C[C@H](N)C(=O)CCOc1ccc(CCNS(=O)(=O)c2ccc(Cl)cc2)cc1. The van der Waals surface area contributed by atoms with Crippen LogP contribution >= 0.6 is 11.6 Å². The van der Waals surface area contributed by atoms with Crippen LogP contribution < -0.4 is 15.2 Å². The molecule has 0 saturated heterocycles. The van der Waals surface area contributed by atoms with E-state index in [2.05, 4.69) is 4.72 Å². The van der Waals surface area contributed by atoms with Gasteiger partial charge in [-0.1, -0.05) is 23.7 Å². The standard InChI is InChI=1S/C19H23ClN2O4S/c1-14(21)19(23)11-13-26-17-6-2-15(3-7-17)10-12-22-27(24,25)18-8-4-16(20)5-9-18/h2-9,14,22H,10-13,21H2,1H3/t14-/m0/s1. The first kappa shape index (κ1) is 21.4. The molecule has 0 amide bonds. The minimum Gasteiger partial charge on any atom is -0.493 e. The van der Waals surface area contributed by atoms with Gasteiger partial charge in [-0.3, -0.25) is 4.79 Å². The summed E-state index contributed by atoms with van der Waals surface area (Å²) in [6, 6.07) is 12.8.